The summed E-state index contributed by atoms with van der Waals surface area (Å²) in [6, 6.07) is 22.5. The number of furan rings is 1. The molecule has 1 N–H and O–H groups in total. The Labute approximate surface area is 190 Å². The second-order valence-electron chi connectivity index (χ2n) is 7.45. The molecule has 1 aromatic heterocycles. The van der Waals surface area contributed by atoms with Crippen molar-refractivity contribution in [3.63, 3.8) is 0 Å². The minimum Gasteiger partial charge on any atom is -0.450 e. The summed E-state index contributed by atoms with van der Waals surface area (Å²) in [5.41, 5.74) is 6.37. The summed E-state index contributed by atoms with van der Waals surface area (Å²) in [7, 11) is 0. The highest BCUT2D eigenvalue weighted by molar-refractivity contribution is 6.30. The van der Waals surface area contributed by atoms with Gasteiger partial charge in [-0.3, -0.25) is 4.79 Å². The zero-order valence-electron chi connectivity index (χ0n) is 17.6. The van der Waals surface area contributed by atoms with Crippen molar-refractivity contribution in [1.82, 2.24) is 5.48 Å². The minimum absolute atomic E-state index is 0.0630. The Balaban J connectivity index is 1.55. The van der Waals surface area contributed by atoms with E-state index in [0.29, 0.717) is 17.0 Å². The Kier molecular flexibility index (Phi) is 6.57. The van der Waals surface area contributed by atoms with Crippen molar-refractivity contribution in [1.29, 1.82) is 0 Å². The van der Waals surface area contributed by atoms with E-state index in [2.05, 4.69) is 5.48 Å². The van der Waals surface area contributed by atoms with Crippen LogP contribution >= 0.6 is 11.6 Å². The van der Waals surface area contributed by atoms with Gasteiger partial charge in [0.15, 0.2) is 5.76 Å². The zero-order chi connectivity index (χ0) is 22.5. The second kappa shape index (κ2) is 9.71. The second-order valence-corrected chi connectivity index (χ2v) is 7.88. The molecular formula is C26H22ClNO4. The molecule has 3 aromatic carbocycles. The standard InChI is InChI=1S/C26H22ClNO4/c1-2-6-22-21-14-11-19(18-9-12-20(27)13-10-18)16-23(21)31-25(22)26(30)28-32-24(29)15-17-7-4-3-5-8-17/h3-5,7-14,16H,2,6,15H2,1H3,(H,28,30). The van der Waals surface area contributed by atoms with Crippen LogP contribution in [0.5, 0.6) is 0 Å². The number of hydrogen-bond donors (Lipinski definition) is 1. The Morgan fingerprint density at radius 1 is 0.969 bits per heavy atom. The molecule has 0 aliphatic carbocycles. The smallest absolute Gasteiger partial charge is 0.336 e. The molecular weight excluding hydrogens is 426 g/mol. The van der Waals surface area contributed by atoms with Gasteiger partial charge in [-0.2, -0.15) is 5.48 Å². The van der Waals surface area contributed by atoms with Crippen LogP contribution in [0.3, 0.4) is 0 Å². The lowest BCUT2D eigenvalue weighted by Crippen LogP contribution is -2.28. The number of hydroxylamine groups is 1. The third kappa shape index (κ3) is 4.84. The Hall–Kier alpha value is -3.57. The maximum atomic E-state index is 12.8. The van der Waals surface area contributed by atoms with E-state index in [1.165, 1.54) is 0 Å². The molecule has 162 valence electrons. The van der Waals surface area contributed by atoms with Crippen molar-refractivity contribution in [2.24, 2.45) is 0 Å². The van der Waals surface area contributed by atoms with Crippen LogP contribution in [0.25, 0.3) is 22.1 Å². The largest absolute Gasteiger partial charge is 0.450 e. The molecule has 0 unspecified atom stereocenters. The molecule has 0 saturated heterocycles. The Morgan fingerprint density at radius 3 is 2.41 bits per heavy atom. The van der Waals surface area contributed by atoms with Crippen LogP contribution in [0.4, 0.5) is 0 Å². The number of hydrogen-bond acceptors (Lipinski definition) is 4. The van der Waals surface area contributed by atoms with Gasteiger partial charge in [0.05, 0.1) is 6.42 Å². The lowest BCUT2D eigenvalue weighted by Gasteiger charge is -2.06. The highest BCUT2D eigenvalue weighted by atomic mass is 35.5. The van der Waals surface area contributed by atoms with Gasteiger partial charge in [0, 0.05) is 16.0 Å². The van der Waals surface area contributed by atoms with E-state index < -0.39 is 11.9 Å². The van der Waals surface area contributed by atoms with Crippen molar-refractivity contribution < 1.29 is 18.8 Å². The molecule has 0 aliphatic heterocycles. The number of benzene rings is 3. The van der Waals surface area contributed by atoms with Crippen LogP contribution in [-0.4, -0.2) is 11.9 Å². The van der Waals surface area contributed by atoms with Gasteiger partial charge in [-0.15, -0.1) is 0 Å². The van der Waals surface area contributed by atoms with E-state index in [-0.39, 0.29) is 12.2 Å². The number of carbonyl (C=O) groups is 2. The maximum absolute atomic E-state index is 12.8. The molecule has 1 heterocycles. The zero-order valence-corrected chi connectivity index (χ0v) is 18.3. The SMILES string of the molecule is CCCc1c(C(=O)NOC(=O)Cc2ccccc2)oc2cc(-c3ccc(Cl)cc3)ccc12. The molecule has 0 bridgehead atoms. The predicted octanol–water partition coefficient (Wildman–Crippen LogP) is 6.14. The summed E-state index contributed by atoms with van der Waals surface area (Å²) in [6.07, 6.45) is 1.56. The van der Waals surface area contributed by atoms with Crippen molar-refractivity contribution in [3.05, 3.63) is 94.7 Å². The molecule has 5 nitrogen and oxygen atoms in total. The van der Waals surface area contributed by atoms with Crippen molar-refractivity contribution in [2.75, 3.05) is 0 Å². The van der Waals surface area contributed by atoms with Gasteiger partial charge in [0.25, 0.3) is 0 Å². The summed E-state index contributed by atoms with van der Waals surface area (Å²) >= 11 is 5.99. The third-order valence-corrected chi connectivity index (χ3v) is 5.38. The van der Waals surface area contributed by atoms with E-state index in [4.69, 9.17) is 20.9 Å². The van der Waals surface area contributed by atoms with Gasteiger partial charge < -0.3 is 9.25 Å². The van der Waals surface area contributed by atoms with Gasteiger partial charge in [-0.05, 0) is 41.3 Å². The van der Waals surface area contributed by atoms with Crippen LogP contribution in [-0.2, 0) is 22.5 Å². The highest BCUT2D eigenvalue weighted by Gasteiger charge is 2.21. The molecule has 4 rings (SSSR count). The maximum Gasteiger partial charge on any atom is 0.336 e. The quantitative estimate of drug-likeness (QED) is 0.360. The summed E-state index contributed by atoms with van der Waals surface area (Å²) in [5.74, 6) is -0.982. The van der Waals surface area contributed by atoms with Gasteiger partial charge in [0.1, 0.15) is 5.58 Å². The van der Waals surface area contributed by atoms with E-state index in [1.807, 2.05) is 79.7 Å². The molecule has 6 heteroatoms. The fourth-order valence-corrected chi connectivity index (χ4v) is 3.73. The van der Waals surface area contributed by atoms with E-state index in [1.54, 1.807) is 0 Å². The van der Waals surface area contributed by atoms with Gasteiger partial charge >= 0.3 is 11.9 Å². The summed E-state index contributed by atoms with van der Waals surface area (Å²) in [6.45, 7) is 2.03. The average molecular weight is 448 g/mol. The van der Waals surface area contributed by atoms with Crippen LogP contribution in [0.15, 0.2) is 77.2 Å². The third-order valence-electron chi connectivity index (χ3n) is 5.13. The lowest BCUT2D eigenvalue weighted by molar-refractivity contribution is -0.148. The van der Waals surface area contributed by atoms with Gasteiger partial charge in [0.2, 0.25) is 0 Å². The fraction of sp³-hybridized carbons (Fsp3) is 0.154. The first-order valence-corrected chi connectivity index (χ1v) is 10.8. The number of fused-ring (bicyclic) bond motifs is 1. The molecule has 0 radical (unpaired) electrons. The number of amides is 1. The number of nitrogens with one attached hydrogen (secondary N) is 1. The molecule has 0 atom stereocenters. The summed E-state index contributed by atoms with van der Waals surface area (Å²) in [4.78, 5) is 29.8. The summed E-state index contributed by atoms with van der Waals surface area (Å²) in [5, 5.41) is 1.53. The van der Waals surface area contributed by atoms with Crippen molar-refractivity contribution in [2.45, 2.75) is 26.2 Å². The first-order chi connectivity index (χ1) is 15.5. The highest BCUT2D eigenvalue weighted by Crippen LogP contribution is 2.31. The molecule has 4 aromatic rings. The fourth-order valence-electron chi connectivity index (χ4n) is 3.60. The first-order valence-electron chi connectivity index (χ1n) is 10.4. The van der Waals surface area contributed by atoms with Crippen LogP contribution in [0.2, 0.25) is 5.02 Å². The number of rotatable bonds is 6. The van der Waals surface area contributed by atoms with Crippen molar-refractivity contribution in [3.8, 4) is 11.1 Å². The van der Waals surface area contributed by atoms with E-state index in [0.717, 1.165) is 34.1 Å². The lowest BCUT2D eigenvalue weighted by atomic mass is 10.0. The molecule has 0 spiro atoms. The Bertz CT molecular complexity index is 1250. The molecule has 0 aliphatic rings. The van der Waals surface area contributed by atoms with Gasteiger partial charge in [-0.25, -0.2) is 4.79 Å². The molecule has 1 amide bonds. The van der Waals surface area contributed by atoms with Crippen LogP contribution < -0.4 is 5.48 Å². The topological polar surface area (TPSA) is 68.5 Å². The number of carbonyl (C=O) groups excluding carboxylic acids is 2. The minimum atomic E-state index is -0.584. The Morgan fingerprint density at radius 2 is 1.69 bits per heavy atom. The van der Waals surface area contributed by atoms with Crippen molar-refractivity contribution >= 4 is 34.4 Å². The average Bonchev–Trinajstić information content (AvgIpc) is 3.17. The van der Waals surface area contributed by atoms with Crippen LogP contribution in [0.1, 0.15) is 35.0 Å². The monoisotopic (exact) mass is 447 g/mol. The molecule has 32 heavy (non-hydrogen) atoms. The summed E-state index contributed by atoms with van der Waals surface area (Å²) < 4.78 is 5.92. The predicted molar refractivity (Wildman–Crippen MR) is 124 cm³/mol. The van der Waals surface area contributed by atoms with Crippen LogP contribution in [0, 0.1) is 0 Å². The van der Waals surface area contributed by atoms with E-state index >= 15 is 0 Å². The molecule has 0 fully saturated rings. The normalized spacial score (nSPS) is 10.8. The number of aryl methyl sites for hydroxylation is 1. The first kappa shape index (κ1) is 21.7. The molecule has 0 saturated carbocycles. The van der Waals surface area contributed by atoms with E-state index in [9.17, 15) is 9.59 Å². The number of halogens is 1. The van der Waals surface area contributed by atoms with Gasteiger partial charge in [-0.1, -0.05) is 79.5 Å².